The second-order valence-electron chi connectivity index (χ2n) is 6.37. The largest absolute Gasteiger partial charge is 0.497 e. The van der Waals surface area contributed by atoms with Crippen LogP contribution in [-0.2, 0) is 4.74 Å². The number of thiophene rings is 1. The van der Waals surface area contributed by atoms with Crippen LogP contribution >= 0.6 is 11.3 Å². The Morgan fingerprint density at radius 1 is 1.15 bits per heavy atom. The minimum absolute atomic E-state index is 0.0246. The maximum absolute atomic E-state index is 12.5. The average molecular weight is 388 g/mol. The van der Waals surface area contributed by atoms with E-state index in [1.54, 1.807) is 19.2 Å². The summed E-state index contributed by atoms with van der Waals surface area (Å²) in [4.78, 5) is 27.4. The molecule has 0 bridgehead atoms. The van der Waals surface area contributed by atoms with E-state index in [1.807, 2.05) is 24.3 Å². The molecule has 1 amide bonds. The molecule has 1 N–H and O–H groups in total. The molecule has 0 saturated carbocycles. The van der Waals surface area contributed by atoms with Crippen molar-refractivity contribution in [3.63, 3.8) is 0 Å². The maximum Gasteiger partial charge on any atom is 0.261 e. The zero-order chi connectivity index (χ0) is 19.2. The fourth-order valence-electron chi connectivity index (χ4n) is 3.10. The molecule has 7 heteroatoms. The van der Waals surface area contributed by atoms with Gasteiger partial charge in [0.2, 0.25) is 0 Å². The molecule has 1 aromatic carbocycles. The summed E-state index contributed by atoms with van der Waals surface area (Å²) in [5.74, 6) is 0.626. The summed E-state index contributed by atoms with van der Waals surface area (Å²) in [5.41, 5.74) is 1.12. The van der Waals surface area contributed by atoms with E-state index < -0.39 is 0 Å². The van der Waals surface area contributed by atoms with Gasteiger partial charge in [0.25, 0.3) is 5.91 Å². The molecule has 2 aromatic rings. The van der Waals surface area contributed by atoms with E-state index in [0.29, 0.717) is 29.5 Å². The van der Waals surface area contributed by atoms with E-state index in [-0.39, 0.29) is 17.7 Å². The van der Waals surface area contributed by atoms with Gasteiger partial charge in [-0.1, -0.05) is 12.1 Å². The van der Waals surface area contributed by atoms with Crippen molar-refractivity contribution in [2.75, 3.05) is 40.0 Å². The fraction of sp³-hybridized carbons (Fsp3) is 0.400. The van der Waals surface area contributed by atoms with E-state index in [2.05, 4.69) is 10.2 Å². The average Bonchev–Trinajstić information content (AvgIpc) is 3.20. The van der Waals surface area contributed by atoms with Crippen LogP contribution in [0.1, 0.15) is 37.9 Å². The highest BCUT2D eigenvalue weighted by Crippen LogP contribution is 2.24. The van der Waals surface area contributed by atoms with E-state index >= 15 is 0 Å². The van der Waals surface area contributed by atoms with Crippen molar-refractivity contribution >= 4 is 23.0 Å². The predicted molar refractivity (Wildman–Crippen MR) is 105 cm³/mol. The number of Topliss-reactive ketones (excluding diaryl/α,β-unsaturated/α-hetero) is 1. The molecule has 1 aliphatic heterocycles. The molecular formula is C20H24N2O4S. The highest BCUT2D eigenvalue weighted by molar-refractivity contribution is 7.15. The number of amides is 1. The number of nitrogens with zero attached hydrogens (tertiary/aromatic N) is 1. The quantitative estimate of drug-likeness (QED) is 0.739. The number of rotatable bonds is 7. The molecular weight excluding hydrogens is 364 g/mol. The number of ketones is 1. The van der Waals surface area contributed by atoms with Gasteiger partial charge < -0.3 is 14.8 Å². The Bertz CT molecular complexity index is 782. The predicted octanol–water partition coefficient (Wildman–Crippen LogP) is 2.76. The Morgan fingerprint density at radius 3 is 2.41 bits per heavy atom. The van der Waals surface area contributed by atoms with Crippen LogP contribution in [0.15, 0.2) is 36.4 Å². The molecule has 1 unspecified atom stereocenters. The van der Waals surface area contributed by atoms with E-state index in [0.717, 1.165) is 24.4 Å². The Labute approximate surface area is 163 Å². The molecule has 0 radical (unpaired) electrons. The van der Waals surface area contributed by atoms with Gasteiger partial charge >= 0.3 is 0 Å². The number of hydrogen-bond acceptors (Lipinski definition) is 6. The van der Waals surface area contributed by atoms with Gasteiger partial charge in [0.1, 0.15) is 5.75 Å². The molecule has 1 aromatic heterocycles. The van der Waals surface area contributed by atoms with Crippen molar-refractivity contribution < 1.29 is 19.1 Å². The summed E-state index contributed by atoms with van der Waals surface area (Å²) in [6.45, 7) is 5.01. The SMILES string of the molecule is COc1ccc(C(CNC(=O)c2ccc(C(C)=O)s2)N2CCOCC2)cc1. The van der Waals surface area contributed by atoms with Crippen molar-refractivity contribution in [1.82, 2.24) is 10.2 Å². The number of benzene rings is 1. The van der Waals surface area contributed by atoms with Gasteiger partial charge in [-0.25, -0.2) is 0 Å². The second-order valence-corrected chi connectivity index (χ2v) is 7.45. The van der Waals surface area contributed by atoms with Gasteiger partial charge in [0.05, 0.1) is 36.1 Å². The number of morpholine rings is 1. The van der Waals surface area contributed by atoms with E-state index in [4.69, 9.17) is 9.47 Å². The minimum atomic E-state index is -0.153. The van der Waals surface area contributed by atoms with E-state index in [1.165, 1.54) is 18.3 Å². The van der Waals surface area contributed by atoms with Crippen molar-refractivity contribution in [3.8, 4) is 5.75 Å². The van der Waals surface area contributed by atoms with Gasteiger partial charge in [-0.2, -0.15) is 0 Å². The van der Waals surface area contributed by atoms with Gasteiger partial charge in [0.15, 0.2) is 5.78 Å². The Kier molecular flexibility index (Phi) is 6.60. The number of carbonyl (C=O) groups excluding carboxylic acids is 2. The molecule has 144 valence electrons. The lowest BCUT2D eigenvalue weighted by Gasteiger charge is -2.35. The smallest absolute Gasteiger partial charge is 0.261 e. The summed E-state index contributed by atoms with van der Waals surface area (Å²) < 4.78 is 10.7. The molecule has 6 nitrogen and oxygen atoms in total. The first kappa shape index (κ1) is 19.5. The first-order valence-corrected chi connectivity index (χ1v) is 9.75. The van der Waals surface area contributed by atoms with Crippen molar-refractivity contribution in [2.45, 2.75) is 13.0 Å². The Morgan fingerprint density at radius 2 is 1.81 bits per heavy atom. The summed E-state index contributed by atoms with van der Waals surface area (Å²) in [5, 5.41) is 3.02. The van der Waals surface area contributed by atoms with Crippen molar-refractivity contribution in [1.29, 1.82) is 0 Å². The lowest BCUT2D eigenvalue weighted by atomic mass is 10.0. The summed E-state index contributed by atoms with van der Waals surface area (Å²) >= 11 is 1.23. The summed E-state index contributed by atoms with van der Waals surface area (Å²) in [7, 11) is 1.64. The molecule has 1 fully saturated rings. The highest BCUT2D eigenvalue weighted by Gasteiger charge is 2.24. The van der Waals surface area contributed by atoms with Gasteiger partial charge in [0, 0.05) is 19.6 Å². The number of carbonyl (C=O) groups is 2. The standard InChI is InChI=1S/C20H24N2O4S/c1-14(23)18-7-8-19(27-18)20(24)21-13-17(22-9-11-26-12-10-22)15-3-5-16(25-2)6-4-15/h3-8,17H,9-13H2,1-2H3,(H,21,24). The highest BCUT2D eigenvalue weighted by atomic mass is 32.1. The molecule has 0 spiro atoms. The van der Waals surface area contributed by atoms with Crippen LogP contribution in [-0.4, -0.2) is 56.5 Å². The first-order chi connectivity index (χ1) is 13.1. The van der Waals surface area contributed by atoms with Crippen LogP contribution in [0, 0.1) is 0 Å². The number of hydrogen-bond donors (Lipinski definition) is 1. The molecule has 1 aliphatic rings. The maximum atomic E-state index is 12.5. The van der Waals surface area contributed by atoms with Crippen LogP contribution in [0.5, 0.6) is 5.75 Å². The van der Waals surface area contributed by atoms with Gasteiger partial charge in [-0.05, 0) is 36.8 Å². The minimum Gasteiger partial charge on any atom is -0.497 e. The van der Waals surface area contributed by atoms with Crippen molar-refractivity contribution in [3.05, 3.63) is 51.7 Å². The first-order valence-electron chi connectivity index (χ1n) is 8.93. The lowest BCUT2D eigenvalue weighted by molar-refractivity contribution is 0.0162. The Balaban J connectivity index is 1.71. The van der Waals surface area contributed by atoms with E-state index in [9.17, 15) is 9.59 Å². The monoisotopic (exact) mass is 388 g/mol. The number of ether oxygens (including phenoxy) is 2. The molecule has 0 aliphatic carbocycles. The Hall–Kier alpha value is -2.22. The van der Waals surface area contributed by atoms with Crippen LogP contribution in [0.3, 0.4) is 0 Å². The normalized spacial score (nSPS) is 15.9. The third kappa shape index (κ3) is 4.94. The van der Waals surface area contributed by atoms with Crippen molar-refractivity contribution in [2.24, 2.45) is 0 Å². The molecule has 1 atom stereocenters. The third-order valence-corrected chi connectivity index (χ3v) is 5.80. The molecule has 27 heavy (non-hydrogen) atoms. The zero-order valence-corrected chi connectivity index (χ0v) is 16.4. The van der Waals surface area contributed by atoms with Crippen LogP contribution in [0.4, 0.5) is 0 Å². The van der Waals surface area contributed by atoms with Crippen LogP contribution in [0.25, 0.3) is 0 Å². The van der Waals surface area contributed by atoms with Gasteiger partial charge in [-0.3, -0.25) is 14.5 Å². The second kappa shape index (κ2) is 9.12. The zero-order valence-electron chi connectivity index (χ0n) is 15.6. The number of methoxy groups -OCH3 is 1. The van der Waals surface area contributed by atoms with Crippen LogP contribution < -0.4 is 10.1 Å². The molecule has 3 rings (SSSR count). The third-order valence-electron chi connectivity index (χ3n) is 4.62. The van der Waals surface area contributed by atoms with Crippen LogP contribution in [0.2, 0.25) is 0 Å². The topological polar surface area (TPSA) is 67.9 Å². The molecule has 2 heterocycles. The lowest BCUT2D eigenvalue weighted by Crippen LogP contribution is -2.43. The van der Waals surface area contributed by atoms with Gasteiger partial charge in [-0.15, -0.1) is 11.3 Å². The summed E-state index contributed by atoms with van der Waals surface area (Å²) in [6.07, 6.45) is 0. The number of nitrogens with one attached hydrogen (secondary N) is 1. The molecule has 1 saturated heterocycles. The fourth-order valence-corrected chi connectivity index (χ4v) is 3.92. The summed E-state index contributed by atoms with van der Waals surface area (Å²) in [6, 6.07) is 11.4.